The van der Waals surface area contributed by atoms with Crippen LogP contribution in [0.5, 0.6) is 0 Å². The molecule has 0 aromatic heterocycles. The van der Waals surface area contributed by atoms with Crippen LogP contribution in [-0.2, 0) is 0 Å². The van der Waals surface area contributed by atoms with Crippen molar-refractivity contribution in [1.29, 1.82) is 5.26 Å². The van der Waals surface area contributed by atoms with Crippen LogP contribution in [0.15, 0.2) is 47.4 Å². The van der Waals surface area contributed by atoms with Gasteiger partial charge in [0.1, 0.15) is 0 Å². The van der Waals surface area contributed by atoms with Crippen LogP contribution in [0.4, 0.5) is 0 Å². The summed E-state index contributed by atoms with van der Waals surface area (Å²) in [5.74, 6) is -0.0877. The molecule has 5 heteroatoms. The van der Waals surface area contributed by atoms with Gasteiger partial charge in [0.15, 0.2) is 0 Å². The molecule has 124 valence electrons. The molecule has 0 heterocycles. The summed E-state index contributed by atoms with van der Waals surface area (Å²) in [6, 6.07) is 14.8. The summed E-state index contributed by atoms with van der Waals surface area (Å²) < 4.78 is 0. The maximum Gasteiger partial charge on any atom is 0.255 e. The molecule has 0 radical (unpaired) electrons. The van der Waals surface area contributed by atoms with Crippen molar-refractivity contribution in [3.63, 3.8) is 0 Å². The van der Waals surface area contributed by atoms with E-state index in [1.54, 1.807) is 34.9 Å². The van der Waals surface area contributed by atoms with E-state index in [9.17, 15) is 4.79 Å². The van der Waals surface area contributed by atoms with Crippen LogP contribution in [0, 0.1) is 11.3 Å². The first-order valence-corrected chi connectivity index (χ1v) is 9.26. The second kappa shape index (κ2) is 8.23. The van der Waals surface area contributed by atoms with Crippen LogP contribution in [0.1, 0.15) is 41.4 Å². The lowest BCUT2D eigenvalue weighted by atomic mass is 10.0. The predicted molar refractivity (Wildman–Crippen MR) is 99.5 cm³/mol. The van der Waals surface area contributed by atoms with E-state index in [4.69, 9.17) is 16.9 Å². The van der Waals surface area contributed by atoms with Crippen molar-refractivity contribution in [1.82, 2.24) is 4.90 Å². The molecule has 0 N–H and O–H groups in total. The summed E-state index contributed by atoms with van der Waals surface area (Å²) in [6.07, 6.45) is 1.97. The summed E-state index contributed by atoms with van der Waals surface area (Å²) in [6.45, 7) is 4.50. The Morgan fingerprint density at radius 2 is 1.96 bits per heavy atom. The lowest BCUT2D eigenvalue weighted by Gasteiger charge is -2.29. The molecule has 3 nitrogen and oxygen atoms in total. The zero-order valence-electron chi connectivity index (χ0n) is 13.9. The van der Waals surface area contributed by atoms with Gasteiger partial charge in [0, 0.05) is 11.4 Å². The van der Waals surface area contributed by atoms with E-state index in [0.717, 1.165) is 10.5 Å². The van der Waals surface area contributed by atoms with Gasteiger partial charge in [-0.2, -0.15) is 5.26 Å². The third-order valence-corrected chi connectivity index (χ3v) is 5.05. The zero-order chi connectivity index (χ0) is 17.7. The Hall–Kier alpha value is -1.96. The first kappa shape index (κ1) is 18.4. The van der Waals surface area contributed by atoms with E-state index in [1.807, 2.05) is 44.4 Å². The summed E-state index contributed by atoms with van der Waals surface area (Å²) in [7, 11) is 0. The third-order valence-electron chi connectivity index (χ3n) is 4.00. The number of carbonyl (C=O) groups excluding carboxylic acids is 1. The number of halogens is 1. The van der Waals surface area contributed by atoms with E-state index in [0.29, 0.717) is 22.7 Å². The normalized spacial score (nSPS) is 11.6. The topological polar surface area (TPSA) is 44.1 Å². The number of benzene rings is 2. The molecule has 2 rings (SSSR count). The molecule has 0 aliphatic carbocycles. The van der Waals surface area contributed by atoms with E-state index in [1.165, 1.54) is 0 Å². The molecule has 24 heavy (non-hydrogen) atoms. The molecule has 0 bridgehead atoms. The number of thioether (sulfide) groups is 1. The van der Waals surface area contributed by atoms with Crippen LogP contribution >= 0.6 is 23.4 Å². The second-order valence-electron chi connectivity index (χ2n) is 5.35. The molecule has 1 atom stereocenters. The molecule has 1 unspecified atom stereocenters. The van der Waals surface area contributed by atoms with Crippen molar-refractivity contribution in [3.05, 3.63) is 64.2 Å². The number of nitriles is 1. The van der Waals surface area contributed by atoms with Crippen molar-refractivity contribution in [2.45, 2.75) is 24.8 Å². The molecule has 0 aliphatic heterocycles. The van der Waals surface area contributed by atoms with Crippen LogP contribution in [-0.4, -0.2) is 23.6 Å². The van der Waals surface area contributed by atoms with Gasteiger partial charge < -0.3 is 4.90 Å². The highest BCUT2D eigenvalue weighted by atomic mass is 35.5. The molecule has 0 aliphatic rings. The van der Waals surface area contributed by atoms with E-state index in [-0.39, 0.29) is 11.9 Å². The average Bonchev–Trinajstić information content (AvgIpc) is 2.62. The van der Waals surface area contributed by atoms with Crippen molar-refractivity contribution in [3.8, 4) is 6.07 Å². The second-order valence-corrected chi connectivity index (χ2v) is 6.63. The van der Waals surface area contributed by atoms with Crippen molar-refractivity contribution in [2.75, 3.05) is 12.8 Å². The number of amides is 1. The minimum atomic E-state index is -0.107. The van der Waals surface area contributed by atoms with Crippen LogP contribution in [0.3, 0.4) is 0 Å². The number of hydrogen-bond donors (Lipinski definition) is 0. The molecular formula is C19H19ClN2OS. The standard InChI is InChI=1S/C19H19ClN2OS/c1-4-22(13(2)15-7-5-14(12-21)6-8-15)19(23)17-11-16(24-3)9-10-18(17)20/h5-11,13H,4H2,1-3H3. The van der Waals surface area contributed by atoms with Gasteiger partial charge >= 0.3 is 0 Å². The summed E-state index contributed by atoms with van der Waals surface area (Å²) >= 11 is 7.82. The van der Waals surface area contributed by atoms with Crippen molar-refractivity contribution < 1.29 is 4.79 Å². The van der Waals surface area contributed by atoms with Crippen LogP contribution in [0.25, 0.3) is 0 Å². The SMILES string of the molecule is CCN(C(=O)c1cc(SC)ccc1Cl)C(C)c1ccc(C#N)cc1. The molecule has 0 spiro atoms. The highest BCUT2D eigenvalue weighted by Gasteiger charge is 2.23. The minimum absolute atomic E-state index is 0.0877. The van der Waals surface area contributed by atoms with Gasteiger partial charge in [-0.25, -0.2) is 0 Å². The quantitative estimate of drug-likeness (QED) is 0.693. The van der Waals surface area contributed by atoms with Gasteiger partial charge in [-0.3, -0.25) is 4.79 Å². The largest absolute Gasteiger partial charge is 0.332 e. The van der Waals surface area contributed by atoms with Gasteiger partial charge in [-0.1, -0.05) is 23.7 Å². The van der Waals surface area contributed by atoms with Crippen LogP contribution < -0.4 is 0 Å². The first-order chi connectivity index (χ1) is 11.5. The van der Waals surface area contributed by atoms with Gasteiger partial charge in [0.2, 0.25) is 0 Å². The number of hydrogen-bond acceptors (Lipinski definition) is 3. The monoisotopic (exact) mass is 358 g/mol. The lowest BCUT2D eigenvalue weighted by Crippen LogP contribution is -2.33. The van der Waals surface area contributed by atoms with E-state index < -0.39 is 0 Å². The lowest BCUT2D eigenvalue weighted by molar-refractivity contribution is 0.0702. The highest BCUT2D eigenvalue weighted by Crippen LogP contribution is 2.28. The van der Waals surface area contributed by atoms with E-state index >= 15 is 0 Å². The average molecular weight is 359 g/mol. The Bertz CT molecular complexity index is 768. The molecule has 0 fully saturated rings. The van der Waals surface area contributed by atoms with Crippen molar-refractivity contribution >= 4 is 29.3 Å². The number of carbonyl (C=O) groups is 1. The number of rotatable bonds is 5. The Morgan fingerprint density at radius 3 is 2.50 bits per heavy atom. The zero-order valence-corrected chi connectivity index (χ0v) is 15.5. The summed E-state index contributed by atoms with van der Waals surface area (Å²) in [4.78, 5) is 15.8. The molecule has 0 saturated heterocycles. The van der Waals surface area contributed by atoms with Gasteiger partial charge in [0.25, 0.3) is 5.91 Å². The Morgan fingerprint density at radius 1 is 1.29 bits per heavy atom. The Balaban J connectivity index is 2.32. The Labute approximate surface area is 152 Å². The summed E-state index contributed by atoms with van der Waals surface area (Å²) in [5.41, 5.74) is 2.11. The fraction of sp³-hybridized carbons (Fsp3) is 0.263. The Kier molecular flexibility index (Phi) is 6.30. The fourth-order valence-corrected chi connectivity index (χ4v) is 3.20. The predicted octanol–water partition coefficient (Wildman–Crippen LogP) is 5.16. The third kappa shape index (κ3) is 3.92. The summed E-state index contributed by atoms with van der Waals surface area (Å²) in [5, 5.41) is 9.37. The van der Waals surface area contributed by atoms with Gasteiger partial charge in [-0.15, -0.1) is 11.8 Å². The van der Waals surface area contributed by atoms with Crippen molar-refractivity contribution in [2.24, 2.45) is 0 Å². The van der Waals surface area contributed by atoms with Crippen LogP contribution in [0.2, 0.25) is 5.02 Å². The minimum Gasteiger partial charge on any atom is -0.332 e. The van der Waals surface area contributed by atoms with Gasteiger partial charge in [-0.05, 0) is 56.0 Å². The molecule has 2 aromatic rings. The van der Waals surface area contributed by atoms with E-state index in [2.05, 4.69) is 6.07 Å². The number of nitrogens with zero attached hydrogens (tertiary/aromatic N) is 2. The first-order valence-electron chi connectivity index (χ1n) is 7.66. The maximum absolute atomic E-state index is 13.0. The molecule has 2 aromatic carbocycles. The smallest absolute Gasteiger partial charge is 0.255 e. The highest BCUT2D eigenvalue weighted by molar-refractivity contribution is 7.98. The molecular weight excluding hydrogens is 340 g/mol. The molecule has 0 saturated carbocycles. The van der Waals surface area contributed by atoms with Gasteiger partial charge in [0.05, 0.1) is 28.3 Å². The maximum atomic E-state index is 13.0. The molecule has 1 amide bonds. The fourth-order valence-electron chi connectivity index (χ4n) is 2.56.